The predicted molar refractivity (Wildman–Crippen MR) is 120 cm³/mol. The topological polar surface area (TPSA) is 152 Å². The number of aromatic nitrogens is 2. The van der Waals surface area contributed by atoms with Crippen LogP contribution in [-0.2, 0) is 9.59 Å². The molecule has 0 fully saturated rings. The number of Topliss-reactive ketones (excluding diaryl/α,β-unsaturated/α-hetero) is 1. The summed E-state index contributed by atoms with van der Waals surface area (Å²) in [7, 11) is 0. The maximum Gasteiger partial charge on any atom is 0.327 e. The van der Waals surface area contributed by atoms with Crippen molar-refractivity contribution in [3.8, 4) is 22.9 Å². The fourth-order valence-corrected chi connectivity index (χ4v) is 2.60. The van der Waals surface area contributed by atoms with Crippen molar-refractivity contribution in [1.29, 1.82) is 0 Å². The number of carbonyl (C=O) groups excluding carboxylic acids is 3. The second kappa shape index (κ2) is 9.32. The van der Waals surface area contributed by atoms with Gasteiger partial charge in [-0.05, 0) is 47.6 Å². The van der Waals surface area contributed by atoms with Gasteiger partial charge in [0.1, 0.15) is 5.56 Å². The van der Waals surface area contributed by atoms with E-state index in [0.717, 1.165) is 0 Å². The summed E-state index contributed by atoms with van der Waals surface area (Å²) in [5, 5.41) is 16.1. The summed E-state index contributed by atoms with van der Waals surface area (Å²) in [4.78, 5) is 54.1. The van der Waals surface area contributed by atoms with Crippen LogP contribution in [0.1, 0.15) is 71.6 Å². The molecule has 0 atom stereocenters. The molecule has 1 heterocycles. The molecule has 184 valence electrons. The first-order valence-corrected chi connectivity index (χ1v) is 10.6. The molecule has 0 spiro atoms. The zero-order chi connectivity index (χ0) is 26.2. The molecule has 0 saturated carbocycles. The van der Waals surface area contributed by atoms with E-state index in [-0.39, 0.29) is 22.8 Å². The highest BCUT2D eigenvalue weighted by Gasteiger charge is 2.39. The standard InChI is InChI=1S/C23H29N3O8/c1-11(2)17(27)15-13(19-24-12(3)34-25-19)10-14(32-20(28)22(4,5)6)18(16(15)26(30)31)33-21(29)23(7,8)9/h10-11H,1-9H3. The van der Waals surface area contributed by atoms with Gasteiger partial charge in [-0.15, -0.1) is 0 Å². The van der Waals surface area contributed by atoms with E-state index in [1.807, 2.05) is 0 Å². The van der Waals surface area contributed by atoms with Crippen LogP contribution in [0.25, 0.3) is 11.4 Å². The van der Waals surface area contributed by atoms with Crippen LogP contribution < -0.4 is 9.47 Å². The zero-order valence-corrected chi connectivity index (χ0v) is 20.8. The van der Waals surface area contributed by atoms with Crippen molar-refractivity contribution in [2.24, 2.45) is 16.7 Å². The quantitative estimate of drug-likeness (QED) is 0.189. The van der Waals surface area contributed by atoms with Gasteiger partial charge < -0.3 is 14.0 Å². The summed E-state index contributed by atoms with van der Waals surface area (Å²) in [5.41, 5.74) is -3.34. The van der Waals surface area contributed by atoms with Crippen molar-refractivity contribution in [3.05, 3.63) is 27.6 Å². The summed E-state index contributed by atoms with van der Waals surface area (Å²) in [6.45, 7) is 14.1. The van der Waals surface area contributed by atoms with Gasteiger partial charge in [0.15, 0.2) is 11.5 Å². The second-order valence-electron chi connectivity index (χ2n) is 10.2. The minimum Gasteiger partial charge on any atom is -0.422 e. The Labute approximate surface area is 197 Å². The molecule has 0 aliphatic rings. The van der Waals surface area contributed by atoms with Gasteiger partial charge in [0.25, 0.3) is 5.75 Å². The van der Waals surface area contributed by atoms with E-state index in [4.69, 9.17) is 14.0 Å². The van der Waals surface area contributed by atoms with Gasteiger partial charge in [-0.25, -0.2) is 0 Å². The Morgan fingerprint density at radius 3 is 1.97 bits per heavy atom. The maximum absolute atomic E-state index is 13.2. The first-order valence-electron chi connectivity index (χ1n) is 10.6. The van der Waals surface area contributed by atoms with E-state index in [1.54, 1.807) is 55.4 Å². The molecule has 0 unspecified atom stereocenters. The molecule has 0 saturated heterocycles. The van der Waals surface area contributed by atoms with Crippen LogP contribution in [0.3, 0.4) is 0 Å². The minimum absolute atomic E-state index is 0.0884. The highest BCUT2D eigenvalue weighted by Crippen LogP contribution is 2.46. The minimum atomic E-state index is -1.05. The molecule has 11 heteroatoms. The Morgan fingerprint density at radius 1 is 1.03 bits per heavy atom. The number of ketones is 1. The monoisotopic (exact) mass is 475 g/mol. The fourth-order valence-electron chi connectivity index (χ4n) is 2.60. The molecule has 0 radical (unpaired) electrons. The average Bonchev–Trinajstić information content (AvgIpc) is 3.12. The molecule has 0 bridgehead atoms. The molecule has 0 aliphatic heterocycles. The Morgan fingerprint density at radius 2 is 1.56 bits per heavy atom. The van der Waals surface area contributed by atoms with E-state index in [0.29, 0.717) is 0 Å². The zero-order valence-electron chi connectivity index (χ0n) is 20.8. The average molecular weight is 475 g/mol. The second-order valence-corrected chi connectivity index (χ2v) is 10.2. The van der Waals surface area contributed by atoms with Crippen LogP contribution in [0.2, 0.25) is 0 Å². The van der Waals surface area contributed by atoms with Crippen LogP contribution in [0.4, 0.5) is 5.69 Å². The number of ether oxygens (including phenoxy) is 2. The molecule has 0 N–H and O–H groups in total. The lowest BCUT2D eigenvalue weighted by atomic mass is 9.92. The molecular formula is C23H29N3O8. The molecule has 2 rings (SSSR count). The normalized spacial score (nSPS) is 11.9. The number of nitro benzene ring substituents is 1. The summed E-state index contributed by atoms with van der Waals surface area (Å²) in [6.07, 6.45) is 0. The van der Waals surface area contributed by atoms with Crippen molar-refractivity contribution in [2.75, 3.05) is 0 Å². The van der Waals surface area contributed by atoms with Gasteiger partial charge in [0.05, 0.1) is 15.8 Å². The number of esters is 2. The molecule has 2 aromatic rings. The largest absolute Gasteiger partial charge is 0.422 e. The lowest BCUT2D eigenvalue weighted by Gasteiger charge is -2.22. The summed E-state index contributed by atoms with van der Waals surface area (Å²) in [6, 6.07) is 1.18. The highest BCUT2D eigenvalue weighted by molar-refractivity contribution is 6.08. The molecule has 34 heavy (non-hydrogen) atoms. The lowest BCUT2D eigenvalue weighted by Crippen LogP contribution is -2.28. The van der Waals surface area contributed by atoms with Crippen molar-refractivity contribution < 1.29 is 33.3 Å². The number of benzene rings is 1. The number of aryl methyl sites for hydroxylation is 1. The van der Waals surface area contributed by atoms with Gasteiger partial charge in [-0.1, -0.05) is 19.0 Å². The third-order valence-corrected chi connectivity index (χ3v) is 4.56. The third-order valence-electron chi connectivity index (χ3n) is 4.56. The Bertz CT molecular complexity index is 1150. The van der Waals surface area contributed by atoms with Crippen LogP contribution in [0.5, 0.6) is 11.5 Å². The number of carbonyl (C=O) groups is 3. The van der Waals surface area contributed by atoms with Crippen molar-refractivity contribution >= 4 is 23.4 Å². The molecule has 1 aromatic heterocycles. The number of nitro groups is 1. The molecule has 11 nitrogen and oxygen atoms in total. The van der Waals surface area contributed by atoms with Gasteiger partial charge >= 0.3 is 17.6 Å². The smallest absolute Gasteiger partial charge is 0.327 e. The molecular weight excluding hydrogens is 446 g/mol. The summed E-state index contributed by atoms with van der Waals surface area (Å²) in [5.74, 6) is -3.88. The first-order chi connectivity index (χ1) is 15.4. The van der Waals surface area contributed by atoms with Gasteiger partial charge in [0, 0.05) is 18.4 Å². The Kier molecular flexibility index (Phi) is 7.29. The van der Waals surface area contributed by atoms with Crippen LogP contribution in [0.15, 0.2) is 10.6 Å². The molecule has 0 aliphatic carbocycles. The first kappa shape index (κ1) is 26.6. The number of nitrogens with zero attached hydrogens (tertiary/aromatic N) is 3. The van der Waals surface area contributed by atoms with Gasteiger partial charge in [0.2, 0.25) is 11.7 Å². The highest BCUT2D eigenvalue weighted by atomic mass is 16.6. The summed E-state index contributed by atoms with van der Waals surface area (Å²) < 4.78 is 15.9. The van der Waals surface area contributed by atoms with E-state index in [1.165, 1.54) is 13.0 Å². The van der Waals surface area contributed by atoms with E-state index in [9.17, 15) is 24.5 Å². The number of hydrogen-bond donors (Lipinski definition) is 0. The van der Waals surface area contributed by atoms with Gasteiger partial charge in [-0.2, -0.15) is 4.98 Å². The lowest BCUT2D eigenvalue weighted by molar-refractivity contribution is -0.386. The van der Waals surface area contributed by atoms with Crippen LogP contribution in [-0.4, -0.2) is 32.8 Å². The van der Waals surface area contributed by atoms with E-state index < -0.39 is 56.6 Å². The maximum atomic E-state index is 13.2. The van der Waals surface area contributed by atoms with Crippen molar-refractivity contribution in [3.63, 3.8) is 0 Å². The van der Waals surface area contributed by atoms with E-state index in [2.05, 4.69) is 10.1 Å². The van der Waals surface area contributed by atoms with E-state index >= 15 is 0 Å². The molecule has 1 aromatic carbocycles. The van der Waals surface area contributed by atoms with Crippen molar-refractivity contribution in [2.45, 2.75) is 62.3 Å². The number of hydrogen-bond acceptors (Lipinski definition) is 10. The van der Waals surface area contributed by atoms with Crippen LogP contribution >= 0.6 is 0 Å². The SMILES string of the molecule is Cc1nc(-c2cc(OC(=O)C(C)(C)C)c(OC(=O)C(C)(C)C)c([N+](=O)[O-])c2C(=O)C(C)C)no1. The van der Waals surface area contributed by atoms with Crippen molar-refractivity contribution in [1.82, 2.24) is 10.1 Å². The predicted octanol–water partition coefficient (Wildman–Crippen LogP) is 4.69. The third kappa shape index (κ3) is 5.64. The molecule has 0 amide bonds. The Balaban J connectivity index is 3.00. The van der Waals surface area contributed by atoms with Crippen LogP contribution in [0, 0.1) is 33.8 Å². The fraction of sp³-hybridized carbons (Fsp3) is 0.522. The number of rotatable bonds is 6. The van der Waals surface area contributed by atoms with Gasteiger partial charge in [-0.3, -0.25) is 24.5 Å². The Hall–Kier alpha value is -3.63. The summed E-state index contributed by atoms with van der Waals surface area (Å²) >= 11 is 0.